The van der Waals surface area contributed by atoms with Crippen molar-refractivity contribution in [3.05, 3.63) is 121 Å². The van der Waals surface area contributed by atoms with Crippen LogP contribution in [0.15, 0.2) is 114 Å². The Morgan fingerprint density at radius 1 is 0.593 bits per heavy atom. The molecule has 1 heterocycles. The van der Waals surface area contributed by atoms with Gasteiger partial charge in [0.2, 0.25) is 0 Å². The van der Waals surface area contributed by atoms with Gasteiger partial charge in [0, 0.05) is 0 Å². The molecule has 0 saturated heterocycles. The number of rotatable bonds is 6. The van der Waals surface area contributed by atoms with Crippen LogP contribution in [0.3, 0.4) is 0 Å². The van der Waals surface area contributed by atoms with Crippen LogP contribution in [0.25, 0.3) is 0 Å². The van der Waals surface area contributed by atoms with Crippen LogP contribution in [0.5, 0.6) is 0 Å². The quantitative estimate of drug-likeness (QED) is 0.314. The molecular formula is C24H22BrOP. The molecule has 0 fully saturated rings. The van der Waals surface area contributed by atoms with Crippen molar-refractivity contribution >= 4 is 31.4 Å². The van der Waals surface area contributed by atoms with E-state index in [9.17, 15) is 0 Å². The van der Waals surface area contributed by atoms with E-state index in [1.54, 1.807) is 6.26 Å². The van der Waals surface area contributed by atoms with Crippen molar-refractivity contribution in [2.24, 2.45) is 0 Å². The molecule has 0 bridgehead atoms. The second kappa shape index (κ2) is 7.46. The van der Waals surface area contributed by atoms with E-state index in [0.29, 0.717) is 0 Å². The topological polar surface area (TPSA) is 13.1 Å². The number of benzene rings is 3. The van der Waals surface area contributed by atoms with Crippen molar-refractivity contribution < 1.29 is 4.42 Å². The Morgan fingerprint density at radius 2 is 1.11 bits per heavy atom. The molecule has 1 nitrogen and oxygen atoms in total. The zero-order valence-electron chi connectivity index (χ0n) is 15.0. The monoisotopic (exact) mass is 436 g/mol. The molecule has 1 aromatic heterocycles. The standard InChI is InChI=1S/C24H22BrOP/c25-27(20-22-13-10-18-26-22,23-14-6-2-7-15-23,24-16-8-3-9-17-24)19-21-11-4-1-5-12-21/h1-18H,19-20H2. The molecule has 0 aliphatic carbocycles. The summed E-state index contributed by atoms with van der Waals surface area (Å²) in [6.07, 6.45) is 3.53. The van der Waals surface area contributed by atoms with E-state index in [2.05, 4.69) is 113 Å². The van der Waals surface area contributed by atoms with Gasteiger partial charge in [0.1, 0.15) is 0 Å². The molecule has 4 aromatic rings. The fourth-order valence-electron chi connectivity index (χ4n) is 3.80. The van der Waals surface area contributed by atoms with Crippen molar-refractivity contribution in [1.82, 2.24) is 0 Å². The van der Waals surface area contributed by atoms with Crippen LogP contribution in [0, 0.1) is 0 Å². The molecule has 0 spiro atoms. The molecular weight excluding hydrogens is 415 g/mol. The van der Waals surface area contributed by atoms with E-state index in [1.807, 2.05) is 6.07 Å². The van der Waals surface area contributed by atoms with E-state index >= 15 is 0 Å². The molecule has 0 unspecified atom stereocenters. The summed E-state index contributed by atoms with van der Waals surface area (Å²) in [5, 5.41) is -0.0999. The van der Waals surface area contributed by atoms with Crippen LogP contribution in [-0.2, 0) is 12.3 Å². The van der Waals surface area contributed by atoms with Crippen molar-refractivity contribution in [3.8, 4) is 0 Å². The normalized spacial score (nSPS) is 13.0. The Balaban J connectivity index is 1.99. The maximum absolute atomic E-state index is 5.84. The average molecular weight is 437 g/mol. The minimum absolute atomic E-state index is 0.835. The van der Waals surface area contributed by atoms with Gasteiger partial charge in [0.25, 0.3) is 0 Å². The number of hydrogen-bond acceptors (Lipinski definition) is 1. The SMILES string of the molecule is BrP(Cc1ccccc1)(Cc1ccco1)(c1ccccc1)c1ccccc1. The first-order valence-corrected chi connectivity index (χ1v) is 13.7. The van der Waals surface area contributed by atoms with Crippen molar-refractivity contribution in [2.45, 2.75) is 12.3 Å². The molecule has 0 atom stereocenters. The fourth-order valence-corrected chi connectivity index (χ4v) is 11.5. The molecule has 27 heavy (non-hydrogen) atoms. The van der Waals surface area contributed by atoms with Crippen molar-refractivity contribution in [2.75, 3.05) is 0 Å². The summed E-state index contributed by atoms with van der Waals surface area (Å²) in [6.45, 7) is 0. The van der Waals surface area contributed by atoms with Gasteiger partial charge in [-0.15, -0.1) is 0 Å². The Morgan fingerprint density at radius 3 is 1.59 bits per heavy atom. The van der Waals surface area contributed by atoms with E-state index < -0.39 is 5.31 Å². The zero-order valence-corrected chi connectivity index (χ0v) is 17.5. The van der Waals surface area contributed by atoms with Gasteiger partial charge in [0.05, 0.1) is 0 Å². The molecule has 0 saturated carbocycles. The summed E-state index contributed by atoms with van der Waals surface area (Å²) < 4.78 is 5.84. The third kappa shape index (κ3) is 3.52. The number of halogens is 1. The van der Waals surface area contributed by atoms with E-state index in [1.165, 1.54) is 16.2 Å². The number of hydrogen-bond donors (Lipinski definition) is 0. The Hall–Kier alpha value is -2.15. The van der Waals surface area contributed by atoms with Crippen LogP contribution in [0.1, 0.15) is 11.3 Å². The summed E-state index contributed by atoms with van der Waals surface area (Å²) in [5.41, 5.74) is 1.33. The summed E-state index contributed by atoms with van der Waals surface area (Å²) in [7, 11) is 0. The summed E-state index contributed by atoms with van der Waals surface area (Å²) >= 11 is 4.44. The minimum atomic E-state index is -2.78. The Bertz CT molecular complexity index is 943. The molecule has 0 aliphatic rings. The van der Waals surface area contributed by atoms with Crippen molar-refractivity contribution in [3.63, 3.8) is 0 Å². The molecule has 3 aromatic carbocycles. The van der Waals surface area contributed by atoms with E-state index in [-0.39, 0.29) is 0 Å². The average Bonchev–Trinajstić information content (AvgIpc) is 3.23. The van der Waals surface area contributed by atoms with Crippen LogP contribution in [0.2, 0.25) is 0 Å². The summed E-state index contributed by atoms with van der Waals surface area (Å²) in [6, 6.07) is 36.5. The third-order valence-corrected chi connectivity index (χ3v) is 14.0. The fraction of sp³-hybridized carbons (Fsp3) is 0.0833. The van der Waals surface area contributed by atoms with Gasteiger partial charge in [-0.25, -0.2) is 0 Å². The second-order valence-electron chi connectivity index (χ2n) is 6.93. The first kappa shape index (κ1) is 18.2. The Labute approximate surface area is 168 Å². The second-order valence-corrected chi connectivity index (χ2v) is 16.5. The van der Waals surface area contributed by atoms with Gasteiger partial charge in [-0.1, -0.05) is 0 Å². The predicted octanol–water partition coefficient (Wildman–Crippen LogP) is 6.49. The Kier molecular flexibility index (Phi) is 5.04. The van der Waals surface area contributed by atoms with Crippen molar-refractivity contribution in [1.29, 1.82) is 0 Å². The molecule has 0 aliphatic heterocycles. The molecule has 0 amide bonds. The van der Waals surface area contributed by atoms with Crippen LogP contribution in [0.4, 0.5) is 0 Å². The summed E-state index contributed by atoms with van der Waals surface area (Å²) in [5.74, 6) is 1.01. The maximum atomic E-state index is 5.84. The van der Waals surface area contributed by atoms with Gasteiger partial charge >= 0.3 is 169 Å². The zero-order chi connectivity index (χ0) is 18.6. The predicted molar refractivity (Wildman–Crippen MR) is 121 cm³/mol. The molecule has 3 heteroatoms. The van der Waals surface area contributed by atoms with Crippen LogP contribution >= 0.6 is 20.8 Å². The molecule has 136 valence electrons. The number of furan rings is 1. The first-order chi connectivity index (χ1) is 13.2. The molecule has 4 rings (SSSR count). The van der Waals surface area contributed by atoms with Gasteiger partial charge in [-0.3, -0.25) is 0 Å². The molecule has 0 radical (unpaired) electrons. The molecule has 0 N–H and O–H groups in total. The van der Waals surface area contributed by atoms with Gasteiger partial charge in [0.15, 0.2) is 0 Å². The van der Waals surface area contributed by atoms with Crippen LogP contribution in [-0.4, -0.2) is 0 Å². The first-order valence-electron chi connectivity index (χ1n) is 9.08. The van der Waals surface area contributed by atoms with Gasteiger partial charge in [-0.05, 0) is 0 Å². The van der Waals surface area contributed by atoms with E-state index in [4.69, 9.17) is 4.42 Å². The van der Waals surface area contributed by atoms with E-state index in [0.717, 1.165) is 18.1 Å². The summed E-state index contributed by atoms with van der Waals surface area (Å²) in [4.78, 5) is 0. The van der Waals surface area contributed by atoms with Crippen LogP contribution < -0.4 is 10.6 Å². The third-order valence-electron chi connectivity index (χ3n) is 5.12. The van der Waals surface area contributed by atoms with Gasteiger partial charge < -0.3 is 0 Å². The van der Waals surface area contributed by atoms with Gasteiger partial charge in [-0.2, -0.15) is 0 Å².